The number of thioether (sulfide) groups is 1. The molecule has 1 N–H and O–H groups in total. The Morgan fingerprint density at radius 2 is 1.72 bits per heavy atom. The SMILES string of the molecule is CC(=O)C1CC(C(=O)Nc2ccc(SC(=O)N(C)C)cc2)=NN1c1ccccc1. The van der Waals surface area contributed by atoms with Gasteiger partial charge in [0.25, 0.3) is 11.1 Å². The first-order chi connectivity index (χ1) is 13.8. The highest BCUT2D eigenvalue weighted by Crippen LogP contribution is 2.26. The van der Waals surface area contributed by atoms with Gasteiger partial charge in [-0.1, -0.05) is 18.2 Å². The Bertz CT molecular complexity index is 942. The first kappa shape index (κ1) is 20.6. The standard InChI is InChI=1S/C21H22N4O3S/c1-14(26)19-13-18(23-25(19)16-7-5-4-6-8-16)20(27)22-15-9-11-17(12-10-15)29-21(28)24(2)3/h4-12,19H,13H2,1-3H3,(H,22,27). The third-order valence-electron chi connectivity index (χ3n) is 4.34. The molecule has 2 aromatic carbocycles. The summed E-state index contributed by atoms with van der Waals surface area (Å²) in [5.74, 6) is -0.396. The van der Waals surface area contributed by atoms with Crippen molar-refractivity contribution in [3.63, 3.8) is 0 Å². The number of carbonyl (C=O) groups excluding carboxylic acids is 3. The lowest BCUT2D eigenvalue weighted by Gasteiger charge is -2.20. The molecule has 0 saturated carbocycles. The van der Waals surface area contributed by atoms with Gasteiger partial charge in [0.15, 0.2) is 5.78 Å². The van der Waals surface area contributed by atoms with Gasteiger partial charge in [-0.15, -0.1) is 0 Å². The van der Waals surface area contributed by atoms with Crippen LogP contribution in [0.25, 0.3) is 0 Å². The van der Waals surface area contributed by atoms with Crippen molar-refractivity contribution in [3.8, 4) is 0 Å². The summed E-state index contributed by atoms with van der Waals surface area (Å²) in [5.41, 5.74) is 1.66. The summed E-state index contributed by atoms with van der Waals surface area (Å²) >= 11 is 1.11. The molecule has 0 spiro atoms. The van der Waals surface area contributed by atoms with Gasteiger partial charge in [-0.2, -0.15) is 5.10 Å². The van der Waals surface area contributed by atoms with E-state index < -0.39 is 6.04 Å². The van der Waals surface area contributed by atoms with E-state index in [0.29, 0.717) is 11.4 Å². The number of nitrogens with zero attached hydrogens (tertiary/aromatic N) is 3. The van der Waals surface area contributed by atoms with E-state index in [0.717, 1.165) is 22.3 Å². The second kappa shape index (κ2) is 8.91. The number of rotatable bonds is 5. The Balaban J connectivity index is 1.70. The van der Waals surface area contributed by atoms with E-state index in [9.17, 15) is 14.4 Å². The number of hydrogen-bond donors (Lipinski definition) is 1. The van der Waals surface area contributed by atoms with Crippen molar-refractivity contribution >= 4 is 45.8 Å². The maximum Gasteiger partial charge on any atom is 0.285 e. The van der Waals surface area contributed by atoms with Gasteiger partial charge in [-0.05, 0) is 55.1 Å². The second-order valence-electron chi connectivity index (χ2n) is 6.80. The van der Waals surface area contributed by atoms with E-state index in [1.807, 2.05) is 30.3 Å². The molecule has 0 bridgehead atoms. The summed E-state index contributed by atoms with van der Waals surface area (Å²) < 4.78 is 0. The third-order valence-corrected chi connectivity index (χ3v) is 5.39. The number of para-hydroxylation sites is 1. The summed E-state index contributed by atoms with van der Waals surface area (Å²) in [5, 5.41) is 8.73. The Morgan fingerprint density at radius 3 is 2.31 bits per heavy atom. The minimum absolute atomic E-state index is 0.0488. The number of hydrazone groups is 1. The molecule has 29 heavy (non-hydrogen) atoms. The van der Waals surface area contributed by atoms with Crippen molar-refractivity contribution in [2.24, 2.45) is 5.10 Å². The molecule has 8 heteroatoms. The summed E-state index contributed by atoms with van der Waals surface area (Å²) in [4.78, 5) is 38.8. The largest absolute Gasteiger partial charge is 0.339 e. The Hall–Kier alpha value is -3.13. The highest BCUT2D eigenvalue weighted by Gasteiger charge is 2.34. The molecule has 3 rings (SSSR count). The van der Waals surface area contributed by atoms with Crippen LogP contribution in [0.3, 0.4) is 0 Å². The van der Waals surface area contributed by atoms with Crippen molar-refractivity contribution in [1.82, 2.24) is 4.90 Å². The fraction of sp³-hybridized carbons (Fsp3) is 0.238. The molecule has 0 radical (unpaired) electrons. The van der Waals surface area contributed by atoms with Crippen LogP contribution in [0.5, 0.6) is 0 Å². The zero-order chi connectivity index (χ0) is 21.0. The molecular formula is C21H22N4O3S. The molecule has 0 fully saturated rings. The topological polar surface area (TPSA) is 82.1 Å². The average molecular weight is 410 g/mol. The van der Waals surface area contributed by atoms with E-state index in [1.165, 1.54) is 11.8 Å². The van der Waals surface area contributed by atoms with Gasteiger partial charge in [0.2, 0.25) is 0 Å². The zero-order valence-corrected chi connectivity index (χ0v) is 17.3. The number of Topliss-reactive ketones (excluding diaryl/α,β-unsaturated/α-hetero) is 1. The van der Waals surface area contributed by atoms with Crippen LogP contribution in [-0.4, -0.2) is 47.7 Å². The molecule has 1 aliphatic heterocycles. The molecule has 1 atom stereocenters. The van der Waals surface area contributed by atoms with Gasteiger partial charge in [-0.3, -0.25) is 19.4 Å². The maximum absolute atomic E-state index is 12.7. The molecule has 1 aliphatic rings. The summed E-state index contributed by atoms with van der Waals surface area (Å²) in [7, 11) is 3.39. The van der Waals surface area contributed by atoms with Crippen LogP contribution in [-0.2, 0) is 9.59 Å². The number of nitrogens with one attached hydrogen (secondary N) is 1. The number of ketones is 1. The van der Waals surface area contributed by atoms with Crippen LogP contribution in [0.2, 0.25) is 0 Å². The van der Waals surface area contributed by atoms with Gasteiger partial charge in [0.05, 0.1) is 5.69 Å². The predicted molar refractivity (Wildman–Crippen MR) is 115 cm³/mol. The smallest absolute Gasteiger partial charge is 0.285 e. The van der Waals surface area contributed by atoms with Crippen molar-refractivity contribution in [2.45, 2.75) is 24.3 Å². The van der Waals surface area contributed by atoms with Crippen LogP contribution < -0.4 is 10.3 Å². The fourth-order valence-electron chi connectivity index (χ4n) is 2.78. The van der Waals surface area contributed by atoms with Gasteiger partial charge < -0.3 is 10.2 Å². The number of hydrogen-bond acceptors (Lipinski definition) is 6. The molecule has 1 heterocycles. The van der Waals surface area contributed by atoms with Crippen LogP contribution in [0, 0.1) is 0 Å². The quantitative estimate of drug-likeness (QED) is 0.762. The average Bonchev–Trinajstić information content (AvgIpc) is 3.16. The molecule has 1 unspecified atom stereocenters. The number of carbonyl (C=O) groups is 3. The minimum Gasteiger partial charge on any atom is -0.339 e. The second-order valence-corrected chi connectivity index (χ2v) is 7.82. The molecule has 2 amide bonds. The summed E-state index contributed by atoms with van der Waals surface area (Å²) in [6.45, 7) is 1.50. The molecule has 150 valence electrons. The third kappa shape index (κ3) is 5.03. The fourth-order valence-corrected chi connectivity index (χ4v) is 3.44. The van der Waals surface area contributed by atoms with Gasteiger partial charge in [-0.25, -0.2) is 0 Å². The van der Waals surface area contributed by atoms with Crippen LogP contribution in [0.4, 0.5) is 16.2 Å². The Kier molecular flexibility index (Phi) is 6.33. The molecule has 2 aromatic rings. The Labute approximate surface area is 173 Å². The number of amides is 2. The van der Waals surface area contributed by atoms with Crippen LogP contribution in [0.1, 0.15) is 13.3 Å². The van der Waals surface area contributed by atoms with E-state index in [-0.39, 0.29) is 23.4 Å². The number of benzene rings is 2. The highest BCUT2D eigenvalue weighted by molar-refractivity contribution is 8.13. The monoisotopic (exact) mass is 410 g/mol. The lowest BCUT2D eigenvalue weighted by Crippen LogP contribution is -2.33. The first-order valence-corrected chi connectivity index (χ1v) is 9.89. The van der Waals surface area contributed by atoms with Crippen LogP contribution >= 0.6 is 11.8 Å². The van der Waals surface area contributed by atoms with Gasteiger partial charge in [0.1, 0.15) is 11.8 Å². The Morgan fingerprint density at radius 1 is 1.07 bits per heavy atom. The molecule has 0 saturated heterocycles. The maximum atomic E-state index is 12.7. The number of anilines is 2. The van der Waals surface area contributed by atoms with Crippen molar-refractivity contribution < 1.29 is 14.4 Å². The normalized spacial score (nSPS) is 15.6. The van der Waals surface area contributed by atoms with Crippen molar-refractivity contribution in [3.05, 3.63) is 54.6 Å². The van der Waals surface area contributed by atoms with E-state index in [2.05, 4.69) is 10.4 Å². The molecule has 7 nitrogen and oxygen atoms in total. The molecule has 0 aliphatic carbocycles. The highest BCUT2D eigenvalue weighted by atomic mass is 32.2. The van der Waals surface area contributed by atoms with Crippen molar-refractivity contribution in [2.75, 3.05) is 24.4 Å². The van der Waals surface area contributed by atoms with E-state index in [4.69, 9.17) is 0 Å². The summed E-state index contributed by atoms with van der Waals surface area (Å²) in [6, 6.07) is 15.8. The zero-order valence-electron chi connectivity index (χ0n) is 16.5. The first-order valence-electron chi connectivity index (χ1n) is 9.08. The minimum atomic E-state index is -0.492. The van der Waals surface area contributed by atoms with E-state index >= 15 is 0 Å². The summed E-state index contributed by atoms with van der Waals surface area (Å²) in [6.07, 6.45) is 0.251. The van der Waals surface area contributed by atoms with Gasteiger partial charge in [0, 0.05) is 31.1 Å². The van der Waals surface area contributed by atoms with E-state index in [1.54, 1.807) is 43.4 Å². The van der Waals surface area contributed by atoms with Crippen molar-refractivity contribution in [1.29, 1.82) is 0 Å². The lowest BCUT2D eigenvalue weighted by molar-refractivity contribution is -0.118. The van der Waals surface area contributed by atoms with Crippen LogP contribution in [0.15, 0.2) is 64.6 Å². The lowest BCUT2D eigenvalue weighted by atomic mass is 10.1. The molecule has 0 aromatic heterocycles. The van der Waals surface area contributed by atoms with Gasteiger partial charge >= 0.3 is 0 Å². The predicted octanol–water partition coefficient (Wildman–Crippen LogP) is 3.62. The molecular weight excluding hydrogens is 388 g/mol.